The number of carbonyl (C=O) groups excluding carboxylic acids is 1. The van der Waals surface area contributed by atoms with Gasteiger partial charge in [-0.1, -0.05) is 51.5 Å². The Labute approximate surface area is 219 Å². The number of fused-ring (bicyclic) bond motifs is 3. The van der Waals surface area contributed by atoms with Crippen molar-refractivity contribution in [3.05, 3.63) is 64.9 Å². The van der Waals surface area contributed by atoms with Crippen LogP contribution < -0.4 is 4.90 Å². The van der Waals surface area contributed by atoms with E-state index >= 15 is 0 Å². The molecule has 7 heteroatoms. The van der Waals surface area contributed by atoms with E-state index in [9.17, 15) is 13.6 Å². The molecule has 0 aliphatic carbocycles. The number of carbonyl (C=O) groups is 1. The van der Waals surface area contributed by atoms with Gasteiger partial charge in [0.15, 0.2) is 0 Å². The van der Waals surface area contributed by atoms with E-state index in [-0.39, 0.29) is 11.9 Å². The van der Waals surface area contributed by atoms with E-state index in [0.29, 0.717) is 17.3 Å². The van der Waals surface area contributed by atoms with Crippen LogP contribution in [-0.4, -0.2) is 43.0 Å². The van der Waals surface area contributed by atoms with Crippen LogP contribution in [0, 0.1) is 23.1 Å². The Morgan fingerprint density at radius 1 is 1.14 bits per heavy atom. The summed E-state index contributed by atoms with van der Waals surface area (Å²) in [6.45, 7) is 10.6. The molecule has 3 aromatic rings. The molecule has 2 aromatic carbocycles. The molecule has 4 nitrogen and oxygen atoms in total. The van der Waals surface area contributed by atoms with Crippen molar-refractivity contribution in [3.63, 3.8) is 0 Å². The fourth-order valence-corrected chi connectivity index (χ4v) is 5.95. The molecule has 2 atom stereocenters. The molecule has 5 rings (SSSR count). The van der Waals surface area contributed by atoms with Crippen molar-refractivity contribution in [2.24, 2.45) is 0 Å². The molecular formula is C30H35F2N3OSi. The summed E-state index contributed by atoms with van der Waals surface area (Å²) in [5.74, 6) is 1.57. The number of aromatic amines is 1. The first-order valence-corrected chi connectivity index (χ1v) is 16.9. The lowest BCUT2D eigenvalue weighted by molar-refractivity contribution is -0.130. The maximum atomic E-state index is 14.9. The van der Waals surface area contributed by atoms with Crippen LogP contribution in [0.15, 0.2) is 36.4 Å². The van der Waals surface area contributed by atoms with E-state index in [2.05, 4.69) is 72.2 Å². The van der Waals surface area contributed by atoms with Gasteiger partial charge in [0.25, 0.3) is 5.91 Å². The summed E-state index contributed by atoms with van der Waals surface area (Å²) in [7, 11) is -1.78. The number of H-pyrrole nitrogens is 1. The molecule has 1 amide bonds. The minimum Gasteiger partial charge on any atom is -0.371 e. The highest BCUT2D eigenvalue weighted by Crippen LogP contribution is 2.43. The first kappa shape index (κ1) is 25.5. The summed E-state index contributed by atoms with van der Waals surface area (Å²) in [5.41, 5.74) is 7.30. The minimum absolute atomic E-state index is 0.110. The maximum Gasteiger partial charge on any atom is 0.298 e. The second-order valence-corrected chi connectivity index (χ2v) is 16.1. The number of rotatable bonds is 5. The third-order valence-electron chi connectivity index (χ3n) is 7.45. The van der Waals surface area contributed by atoms with Gasteiger partial charge in [-0.15, -0.1) is 5.54 Å². The second kappa shape index (κ2) is 9.98. The SMILES string of the molecule is CCCC[C@H]1Cc2c([nH]c3c(F)cc(F)cc23)[C@H](c2ccc(N3CCC3)cc2)N1C(=O)C#C[Si](C)(C)C. The summed E-state index contributed by atoms with van der Waals surface area (Å²) in [6.07, 6.45) is 4.50. The molecular weight excluding hydrogens is 484 g/mol. The summed E-state index contributed by atoms with van der Waals surface area (Å²) in [4.78, 5) is 21.3. The van der Waals surface area contributed by atoms with Gasteiger partial charge in [-0.2, -0.15) is 0 Å². The number of unbranched alkanes of at least 4 members (excludes halogenated alkanes) is 1. The third-order valence-corrected chi connectivity index (χ3v) is 8.32. The Morgan fingerprint density at radius 2 is 1.86 bits per heavy atom. The summed E-state index contributed by atoms with van der Waals surface area (Å²) in [5, 5.41) is 0.566. The van der Waals surface area contributed by atoms with Gasteiger partial charge in [0, 0.05) is 42.0 Å². The fourth-order valence-electron chi connectivity index (χ4n) is 5.47. The summed E-state index contributed by atoms with van der Waals surface area (Å²) in [6, 6.07) is 10.1. The molecule has 0 saturated carbocycles. The van der Waals surface area contributed by atoms with Gasteiger partial charge in [0.1, 0.15) is 19.7 Å². The standard InChI is InChI=1S/C30H35F2N3OSi/c1-5-6-8-23-19-25-24-17-21(31)18-26(32)28(24)33-29(25)30(35(23)27(36)13-16-37(2,3)4)20-9-11-22(12-10-20)34-14-7-15-34/h9-12,17-18,23,30,33H,5-8,14-15,19H2,1-4H3/t23-,30-/m0/s1. The average Bonchev–Trinajstić information content (AvgIpc) is 3.18. The van der Waals surface area contributed by atoms with E-state index in [1.807, 2.05) is 4.90 Å². The lowest BCUT2D eigenvalue weighted by Crippen LogP contribution is -2.47. The lowest BCUT2D eigenvalue weighted by atomic mass is 9.86. The van der Waals surface area contributed by atoms with Gasteiger partial charge < -0.3 is 14.8 Å². The predicted octanol–water partition coefficient (Wildman–Crippen LogP) is 6.57. The Balaban J connectivity index is 1.68. The van der Waals surface area contributed by atoms with Crippen molar-refractivity contribution < 1.29 is 13.6 Å². The Kier molecular flexibility index (Phi) is 6.89. The molecule has 1 fully saturated rings. The monoisotopic (exact) mass is 519 g/mol. The largest absolute Gasteiger partial charge is 0.371 e. The normalized spacial score (nSPS) is 19.3. The van der Waals surface area contributed by atoms with Gasteiger partial charge >= 0.3 is 0 Å². The summed E-state index contributed by atoms with van der Waals surface area (Å²) >= 11 is 0. The number of halogens is 2. The molecule has 1 saturated heterocycles. The molecule has 0 radical (unpaired) electrons. The van der Waals surface area contributed by atoms with Crippen LogP contribution in [0.2, 0.25) is 19.6 Å². The van der Waals surface area contributed by atoms with Crippen LogP contribution in [0.4, 0.5) is 14.5 Å². The van der Waals surface area contributed by atoms with Crippen LogP contribution in [0.25, 0.3) is 10.9 Å². The fraction of sp³-hybridized carbons (Fsp3) is 0.433. The number of nitrogens with zero attached hydrogens (tertiary/aromatic N) is 2. The average molecular weight is 520 g/mol. The van der Waals surface area contributed by atoms with Crippen molar-refractivity contribution in [2.45, 2.75) is 70.8 Å². The molecule has 37 heavy (non-hydrogen) atoms. The number of hydrogen-bond acceptors (Lipinski definition) is 2. The van der Waals surface area contributed by atoms with E-state index < -0.39 is 25.8 Å². The van der Waals surface area contributed by atoms with Gasteiger partial charge in [0.2, 0.25) is 0 Å². The molecule has 1 N–H and O–H groups in total. The van der Waals surface area contributed by atoms with E-state index in [4.69, 9.17) is 0 Å². The second-order valence-electron chi connectivity index (χ2n) is 11.4. The number of amides is 1. The zero-order valence-electron chi connectivity index (χ0n) is 22.1. The highest BCUT2D eigenvalue weighted by atomic mass is 28.3. The van der Waals surface area contributed by atoms with Crippen LogP contribution in [-0.2, 0) is 11.2 Å². The van der Waals surface area contributed by atoms with Crippen LogP contribution in [0.3, 0.4) is 0 Å². The van der Waals surface area contributed by atoms with Crippen LogP contribution in [0.5, 0.6) is 0 Å². The predicted molar refractivity (Wildman–Crippen MR) is 148 cm³/mol. The Bertz CT molecular complexity index is 1380. The van der Waals surface area contributed by atoms with Crippen molar-refractivity contribution in [2.75, 3.05) is 18.0 Å². The molecule has 194 valence electrons. The van der Waals surface area contributed by atoms with Crippen molar-refractivity contribution in [1.29, 1.82) is 0 Å². The molecule has 2 aliphatic heterocycles. The minimum atomic E-state index is -1.78. The maximum absolute atomic E-state index is 14.9. The van der Waals surface area contributed by atoms with Crippen LogP contribution in [0.1, 0.15) is 55.5 Å². The van der Waals surface area contributed by atoms with Crippen LogP contribution >= 0.6 is 0 Å². The number of anilines is 1. The van der Waals surface area contributed by atoms with Crippen molar-refractivity contribution in [3.8, 4) is 11.5 Å². The lowest BCUT2D eigenvalue weighted by Gasteiger charge is -2.42. The number of benzene rings is 2. The molecule has 2 aliphatic rings. The molecule has 0 unspecified atom stereocenters. The van der Waals surface area contributed by atoms with Crippen molar-refractivity contribution >= 4 is 30.6 Å². The Hall–Kier alpha value is -3.11. The molecule has 0 bridgehead atoms. The molecule has 1 aromatic heterocycles. The first-order chi connectivity index (χ1) is 17.7. The summed E-state index contributed by atoms with van der Waals surface area (Å²) < 4.78 is 29.2. The smallest absolute Gasteiger partial charge is 0.298 e. The number of nitrogens with one attached hydrogen (secondary N) is 1. The highest BCUT2D eigenvalue weighted by Gasteiger charge is 2.40. The highest BCUT2D eigenvalue weighted by molar-refractivity contribution is 6.84. The van der Waals surface area contributed by atoms with E-state index in [1.54, 1.807) is 0 Å². The van der Waals surface area contributed by atoms with Gasteiger partial charge in [0.05, 0.1) is 11.6 Å². The van der Waals surface area contributed by atoms with E-state index in [1.165, 1.54) is 12.5 Å². The quantitative estimate of drug-likeness (QED) is 0.306. The van der Waals surface area contributed by atoms with Gasteiger partial charge in [-0.3, -0.25) is 4.79 Å². The van der Waals surface area contributed by atoms with Gasteiger partial charge in [-0.05, 0) is 54.5 Å². The third kappa shape index (κ3) is 5.04. The topological polar surface area (TPSA) is 39.3 Å². The number of hydrogen-bond donors (Lipinski definition) is 1. The zero-order valence-corrected chi connectivity index (χ0v) is 23.1. The number of aromatic nitrogens is 1. The van der Waals surface area contributed by atoms with E-state index in [0.717, 1.165) is 60.9 Å². The Morgan fingerprint density at radius 3 is 2.49 bits per heavy atom. The zero-order chi connectivity index (χ0) is 26.3. The first-order valence-electron chi connectivity index (χ1n) is 13.4. The van der Waals surface area contributed by atoms with Crippen molar-refractivity contribution in [1.82, 2.24) is 9.88 Å². The molecule has 3 heterocycles. The molecule has 0 spiro atoms. The van der Waals surface area contributed by atoms with Gasteiger partial charge in [-0.25, -0.2) is 8.78 Å².